The number of hydrogen-bond donors (Lipinski definition) is 3. The van der Waals surface area contributed by atoms with Gasteiger partial charge in [-0.1, -0.05) is 6.92 Å². The molecule has 0 aromatic carbocycles. The second-order valence-corrected chi connectivity index (χ2v) is 4.70. The van der Waals surface area contributed by atoms with Gasteiger partial charge in [0.2, 0.25) is 0 Å². The molecule has 1 atom stereocenters. The Morgan fingerprint density at radius 3 is 2.80 bits per heavy atom. The van der Waals surface area contributed by atoms with E-state index in [-0.39, 0.29) is 18.4 Å². The molecular formula is C13H20N4O3. The third-order valence-corrected chi connectivity index (χ3v) is 2.73. The first kappa shape index (κ1) is 15.9. The molecule has 0 bridgehead atoms. The van der Waals surface area contributed by atoms with E-state index in [9.17, 15) is 9.59 Å². The standard InChI is InChI=1S/C13H20N4O3/c1-9(3-4-12(18)19)7-15-13(20)16-8-11-5-6-14-10(2)17-11/h5-6,9H,3-4,7-8H2,1-2H3,(H,18,19)(H2,15,16,20). The van der Waals surface area contributed by atoms with Crippen molar-refractivity contribution in [2.75, 3.05) is 6.54 Å². The molecule has 0 fully saturated rings. The lowest BCUT2D eigenvalue weighted by molar-refractivity contribution is -0.137. The van der Waals surface area contributed by atoms with Crippen molar-refractivity contribution in [3.05, 3.63) is 23.8 Å². The van der Waals surface area contributed by atoms with Gasteiger partial charge in [-0.25, -0.2) is 14.8 Å². The molecule has 0 saturated heterocycles. The number of aryl methyl sites for hydroxylation is 1. The van der Waals surface area contributed by atoms with Crippen molar-refractivity contribution in [1.82, 2.24) is 20.6 Å². The van der Waals surface area contributed by atoms with Gasteiger partial charge < -0.3 is 15.7 Å². The van der Waals surface area contributed by atoms with Crippen LogP contribution in [0.2, 0.25) is 0 Å². The van der Waals surface area contributed by atoms with Gasteiger partial charge >= 0.3 is 12.0 Å². The first-order valence-corrected chi connectivity index (χ1v) is 6.49. The molecule has 1 aromatic rings. The number of nitrogens with one attached hydrogen (secondary N) is 2. The van der Waals surface area contributed by atoms with Gasteiger partial charge in [0.05, 0.1) is 12.2 Å². The maximum absolute atomic E-state index is 11.6. The fraction of sp³-hybridized carbons (Fsp3) is 0.538. The predicted octanol–water partition coefficient (Wildman–Crippen LogP) is 1.09. The number of rotatable bonds is 7. The predicted molar refractivity (Wildman–Crippen MR) is 73.0 cm³/mol. The molecule has 7 heteroatoms. The average Bonchev–Trinajstić information content (AvgIpc) is 2.40. The van der Waals surface area contributed by atoms with Crippen LogP contribution >= 0.6 is 0 Å². The summed E-state index contributed by atoms with van der Waals surface area (Å²) in [7, 11) is 0. The normalized spacial score (nSPS) is 11.7. The highest BCUT2D eigenvalue weighted by Gasteiger charge is 2.07. The van der Waals surface area contributed by atoms with Crippen LogP contribution < -0.4 is 10.6 Å². The Morgan fingerprint density at radius 1 is 1.40 bits per heavy atom. The van der Waals surface area contributed by atoms with E-state index in [0.717, 1.165) is 5.69 Å². The van der Waals surface area contributed by atoms with Gasteiger partial charge in [0, 0.05) is 19.2 Å². The Labute approximate surface area is 117 Å². The first-order chi connectivity index (χ1) is 9.47. The SMILES string of the molecule is Cc1nccc(CNC(=O)NCC(C)CCC(=O)O)n1. The zero-order valence-corrected chi connectivity index (χ0v) is 11.7. The summed E-state index contributed by atoms with van der Waals surface area (Å²) in [6.45, 7) is 4.46. The van der Waals surface area contributed by atoms with Crippen LogP contribution in [-0.2, 0) is 11.3 Å². The van der Waals surface area contributed by atoms with Gasteiger partial charge in [-0.2, -0.15) is 0 Å². The molecule has 110 valence electrons. The maximum Gasteiger partial charge on any atom is 0.315 e. The molecule has 1 heterocycles. The summed E-state index contributed by atoms with van der Waals surface area (Å²) < 4.78 is 0. The van der Waals surface area contributed by atoms with Crippen LogP contribution in [0.25, 0.3) is 0 Å². The lowest BCUT2D eigenvalue weighted by Crippen LogP contribution is -2.37. The summed E-state index contributed by atoms with van der Waals surface area (Å²) in [6.07, 6.45) is 2.30. The quantitative estimate of drug-likeness (QED) is 0.693. The minimum absolute atomic E-state index is 0.116. The summed E-state index contributed by atoms with van der Waals surface area (Å²) in [5.74, 6) is -0.0365. The van der Waals surface area contributed by atoms with E-state index in [1.807, 2.05) is 6.92 Å². The highest BCUT2D eigenvalue weighted by Crippen LogP contribution is 2.03. The van der Waals surface area contributed by atoms with E-state index in [1.165, 1.54) is 0 Å². The van der Waals surface area contributed by atoms with Crippen LogP contribution in [0.3, 0.4) is 0 Å². The number of carbonyl (C=O) groups excluding carboxylic acids is 1. The molecule has 7 nitrogen and oxygen atoms in total. The van der Waals surface area contributed by atoms with E-state index in [2.05, 4.69) is 20.6 Å². The molecule has 1 rings (SSSR count). The van der Waals surface area contributed by atoms with Gasteiger partial charge in [0.25, 0.3) is 0 Å². The highest BCUT2D eigenvalue weighted by atomic mass is 16.4. The lowest BCUT2D eigenvalue weighted by atomic mass is 10.1. The Bertz CT molecular complexity index is 465. The number of nitrogens with zero attached hydrogens (tertiary/aromatic N) is 2. The summed E-state index contributed by atoms with van der Waals surface area (Å²) in [5.41, 5.74) is 0.742. The van der Waals surface area contributed by atoms with Crippen LogP contribution in [0.5, 0.6) is 0 Å². The molecule has 1 unspecified atom stereocenters. The summed E-state index contributed by atoms with van der Waals surface area (Å²) in [4.78, 5) is 30.1. The van der Waals surface area contributed by atoms with E-state index in [1.54, 1.807) is 19.2 Å². The number of amides is 2. The smallest absolute Gasteiger partial charge is 0.315 e. The van der Waals surface area contributed by atoms with Crippen molar-refractivity contribution in [2.24, 2.45) is 5.92 Å². The van der Waals surface area contributed by atoms with Crippen molar-refractivity contribution in [3.63, 3.8) is 0 Å². The fourth-order valence-corrected chi connectivity index (χ4v) is 1.58. The van der Waals surface area contributed by atoms with Crippen molar-refractivity contribution in [2.45, 2.75) is 33.2 Å². The molecule has 0 aliphatic heterocycles. The lowest BCUT2D eigenvalue weighted by Gasteiger charge is -2.12. The molecule has 1 aromatic heterocycles. The highest BCUT2D eigenvalue weighted by molar-refractivity contribution is 5.73. The number of aromatic nitrogens is 2. The van der Waals surface area contributed by atoms with Gasteiger partial charge in [-0.3, -0.25) is 4.79 Å². The summed E-state index contributed by atoms with van der Waals surface area (Å²) in [5, 5.41) is 14.0. The zero-order valence-electron chi connectivity index (χ0n) is 11.7. The average molecular weight is 280 g/mol. The second kappa shape index (κ2) is 8.08. The summed E-state index contributed by atoms with van der Waals surface area (Å²) in [6, 6.07) is 1.45. The van der Waals surface area contributed by atoms with E-state index in [0.29, 0.717) is 25.3 Å². The molecule has 20 heavy (non-hydrogen) atoms. The van der Waals surface area contributed by atoms with Crippen molar-refractivity contribution < 1.29 is 14.7 Å². The van der Waals surface area contributed by atoms with Gasteiger partial charge in [0.1, 0.15) is 5.82 Å². The van der Waals surface area contributed by atoms with Crippen molar-refractivity contribution in [1.29, 1.82) is 0 Å². The molecule has 0 saturated carbocycles. The number of carboxylic acids is 1. The number of urea groups is 1. The second-order valence-electron chi connectivity index (χ2n) is 4.70. The molecule has 2 amide bonds. The Balaban J connectivity index is 2.22. The van der Waals surface area contributed by atoms with Crippen LogP contribution in [0, 0.1) is 12.8 Å². The van der Waals surface area contributed by atoms with Crippen molar-refractivity contribution >= 4 is 12.0 Å². The molecular weight excluding hydrogens is 260 g/mol. The minimum atomic E-state index is -0.819. The number of carbonyl (C=O) groups is 2. The maximum atomic E-state index is 11.6. The van der Waals surface area contributed by atoms with Crippen LogP contribution in [0.1, 0.15) is 31.3 Å². The van der Waals surface area contributed by atoms with Gasteiger partial charge in [-0.05, 0) is 25.3 Å². The van der Waals surface area contributed by atoms with Gasteiger partial charge in [-0.15, -0.1) is 0 Å². The largest absolute Gasteiger partial charge is 0.481 e. The minimum Gasteiger partial charge on any atom is -0.481 e. The number of aliphatic carboxylic acids is 1. The number of hydrogen-bond acceptors (Lipinski definition) is 4. The van der Waals surface area contributed by atoms with Crippen LogP contribution in [0.4, 0.5) is 4.79 Å². The molecule has 0 radical (unpaired) electrons. The zero-order chi connectivity index (χ0) is 15.0. The van der Waals surface area contributed by atoms with E-state index < -0.39 is 5.97 Å². The third kappa shape index (κ3) is 6.67. The fourth-order valence-electron chi connectivity index (χ4n) is 1.58. The van der Waals surface area contributed by atoms with Crippen LogP contribution in [0.15, 0.2) is 12.3 Å². The Kier molecular flexibility index (Phi) is 6.42. The topological polar surface area (TPSA) is 104 Å². The Morgan fingerprint density at radius 2 is 2.15 bits per heavy atom. The molecule has 0 aliphatic carbocycles. The van der Waals surface area contributed by atoms with Crippen molar-refractivity contribution in [3.8, 4) is 0 Å². The first-order valence-electron chi connectivity index (χ1n) is 6.49. The molecule has 0 aliphatic rings. The van der Waals surface area contributed by atoms with Crippen LogP contribution in [-0.4, -0.2) is 33.6 Å². The Hall–Kier alpha value is -2.18. The molecule has 0 spiro atoms. The van der Waals surface area contributed by atoms with Gasteiger partial charge in [0.15, 0.2) is 0 Å². The monoisotopic (exact) mass is 280 g/mol. The number of carboxylic acid groups (broad SMARTS) is 1. The third-order valence-electron chi connectivity index (χ3n) is 2.73. The van der Waals surface area contributed by atoms with E-state index in [4.69, 9.17) is 5.11 Å². The molecule has 3 N–H and O–H groups in total. The van der Waals surface area contributed by atoms with E-state index >= 15 is 0 Å². The summed E-state index contributed by atoms with van der Waals surface area (Å²) >= 11 is 0.